The molecule has 1 unspecified atom stereocenters. The third-order valence-corrected chi connectivity index (χ3v) is 5.33. The Morgan fingerprint density at radius 2 is 1.86 bits per heavy atom. The summed E-state index contributed by atoms with van der Waals surface area (Å²) in [6.45, 7) is 5.68. The number of benzene rings is 1. The predicted molar refractivity (Wildman–Crippen MR) is 85.2 cm³/mol. The number of carbonyl (C=O) groups excluding carboxylic acids is 1. The molecule has 21 heavy (non-hydrogen) atoms. The number of carbonyl (C=O) groups is 1. The van der Waals surface area contributed by atoms with E-state index in [0.29, 0.717) is 19.0 Å². The Morgan fingerprint density at radius 3 is 2.48 bits per heavy atom. The first-order valence-electron chi connectivity index (χ1n) is 7.62. The number of rotatable bonds is 2. The number of hydrogen-bond acceptors (Lipinski definition) is 3. The van der Waals surface area contributed by atoms with Crippen LogP contribution in [0.4, 0.5) is 0 Å². The molecule has 4 heteroatoms. The first-order valence-corrected chi connectivity index (χ1v) is 8.42. The molecule has 1 atom stereocenters. The smallest absolute Gasteiger partial charge is 0.167 e. The van der Waals surface area contributed by atoms with Crippen molar-refractivity contribution in [2.24, 2.45) is 11.3 Å². The van der Waals surface area contributed by atoms with Crippen molar-refractivity contribution in [3.05, 3.63) is 22.2 Å². The lowest BCUT2D eigenvalue weighted by Gasteiger charge is -2.26. The van der Waals surface area contributed by atoms with E-state index in [-0.39, 0.29) is 17.1 Å². The van der Waals surface area contributed by atoms with Crippen molar-refractivity contribution in [3.63, 3.8) is 0 Å². The highest BCUT2D eigenvalue weighted by molar-refractivity contribution is 9.10. The van der Waals surface area contributed by atoms with Crippen molar-refractivity contribution in [1.29, 1.82) is 0 Å². The Morgan fingerprint density at radius 1 is 1.19 bits per heavy atom. The van der Waals surface area contributed by atoms with Crippen molar-refractivity contribution >= 4 is 21.7 Å². The van der Waals surface area contributed by atoms with Crippen LogP contribution in [0, 0.1) is 11.3 Å². The molecule has 1 aromatic rings. The topological polar surface area (TPSA) is 35.5 Å². The van der Waals surface area contributed by atoms with Gasteiger partial charge in [-0.05, 0) is 46.3 Å². The molecule has 0 bridgehead atoms. The largest absolute Gasteiger partial charge is 0.490 e. The van der Waals surface area contributed by atoms with Crippen LogP contribution in [0.1, 0.15) is 49.9 Å². The summed E-state index contributed by atoms with van der Waals surface area (Å²) in [5.41, 5.74) is 0.806. The number of Topliss-reactive ketones (excluding diaryl/α,β-unsaturated/α-hetero) is 1. The van der Waals surface area contributed by atoms with E-state index in [4.69, 9.17) is 9.47 Å². The highest BCUT2D eigenvalue weighted by atomic mass is 79.9. The van der Waals surface area contributed by atoms with Crippen molar-refractivity contribution in [2.45, 2.75) is 39.5 Å². The average molecular weight is 353 g/mol. The SMILES string of the molecule is CC1(C)CCCC1C(=O)c1cc2c(cc1Br)OCCCO2. The first-order chi connectivity index (χ1) is 9.99. The summed E-state index contributed by atoms with van der Waals surface area (Å²) in [5.74, 6) is 1.73. The highest BCUT2D eigenvalue weighted by Crippen LogP contribution is 2.46. The van der Waals surface area contributed by atoms with Gasteiger partial charge in [-0.2, -0.15) is 0 Å². The van der Waals surface area contributed by atoms with Gasteiger partial charge in [-0.15, -0.1) is 0 Å². The molecule has 0 saturated heterocycles. The van der Waals surface area contributed by atoms with Crippen LogP contribution in [0.3, 0.4) is 0 Å². The van der Waals surface area contributed by atoms with Gasteiger partial charge in [0.15, 0.2) is 17.3 Å². The number of ketones is 1. The predicted octanol–water partition coefficient (Wildman–Crippen LogP) is 4.62. The first kappa shape index (κ1) is 14.9. The zero-order valence-corrected chi connectivity index (χ0v) is 14.2. The van der Waals surface area contributed by atoms with Gasteiger partial charge in [-0.1, -0.05) is 20.3 Å². The quantitative estimate of drug-likeness (QED) is 0.728. The lowest BCUT2D eigenvalue weighted by atomic mass is 9.77. The molecular formula is C17H21BrO3. The molecule has 0 aromatic heterocycles. The number of fused-ring (bicyclic) bond motifs is 1. The fraction of sp³-hybridized carbons (Fsp3) is 0.588. The highest BCUT2D eigenvalue weighted by Gasteiger charge is 2.40. The second-order valence-electron chi connectivity index (χ2n) is 6.63. The maximum Gasteiger partial charge on any atom is 0.167 e. The standard InChI is InChI=1S/C17H21BrO3/c1-17(2)6-3-5-12(17)16(19)11-9-14-15(10-13(11)18)21-8-4-7-20-14/h9-10,12H,3-8H2,1-2H3. The fourth-order valence-corrected chi connectivity index (χ4v) is 3.89. The molecule has 2 aliphatic rings. The van der Waals surface area contributed by atoms with E-state index in [0.717, 1.165) is 41.5 Å². The molecule has 1 fully saturated rings. The van der Waals surface area contributed by atoms with Crippen molar-refractivity contribution in [2.75, 3.05) is 13.2 Å². The van der Waals surface area contributed by atoms with Crippen LogP contribution < -0.4 is 9.47 Å². The van der Waals surface area contributed by atoms with E-state index in [1.54, 1.807) is 0 Å². The van der Waals surface area contributed by atoms with Crippen molar-refractivity contribution < 1.29 is 14.3 Å². The molecule has 0 amide bonds. The van der Waals surface area contributed by atoms with E-state index in [9.17, 15) is 4.79 Å². The summed E-state index contributed by atoms with van der Waals surface area (Å²) >= 11 is 3.53. The Bertz CT molecular complexity index is 565. The van der Waals surface area contributed by atoms with E-state index < -0.39 is 0 Å². The second kappa shape index (κ2) is 5.64. The molecule has 0 N–H and O–H groups in total. The third kappa shape index (κ3) is 2.83. The van der Waals surface area contributed by atoms with Crippen LogP contribution in [-0.4, -0.2) is 19.0 Å². The van der Waals surface area contributed by atoms with Gasteiger partial charge in [0.05, 0.1) is 13.2 Å². The Hall–Kier alpha value is -1.03. The minimum Gasteiger partial charge on any atom is -0.490 e. The molecule has 1 saturated carbocycles. The summed E-state index contributed by atoms with van der Waals surface area (Å²) < 4.78 is 12.2. The second-order valence-corrected chi connectivity index (χ2v) is 7.48. The molecule has 1 aliphatic heterocycles. The number of halogens is 1. The summed E-state index contributed by atoms with van der Waals surface area (Å²) in [7, 11) is 0. The maximum absolute atomic E-state index is 12.9. The van der Waals surface area contributed by atoms with Gasteiger partial charge in [0, 0.05) is 22.4 Å². The Balaban J connectivity index is 1.95. The van der Waals surface area contributed by atoms with E-state index >= 15 is 0 Å². The molecule has 1 aliphatic carbocycles. The summed E-state index contributed by atoms with van der Waals surface area (Å²) in [6.07, 6.45) is 4.09. The van der Waals surface area contributed by atoms with E-state index in [2.05, 4.69) is 29.8 Å². The molecular weight excluding hydrogens is 332 g/mol. The minimum absolute atomic E-state index is 0.0840. The van der Waals surface area contributed by atoms with E-state index in [1.165, 1.54) is 0 Å². The zero-order chi connectivity index (χ0) is 15.0. The van der Waals surface area contributed by atoms with Crippen LogP contribution in [0.2, 0.25) is 0 Å². The summed E-state index contributed by atoms with van der Waals surface area (Å²) in [5, 5.41) is 0. The minimum atomic E-state index is 0.0840. The van der Waals surface area contributed by atoms with Crippen LogP contribution in [-0.2, 0) is 0 Å². The Labute approximate surface area is 134 Å². The average Bonchev–Trinajstić information content (AvgIpc) is 2.65. The molecule has 114 valence electrons. The van der Waals surface area contributed by atoms with Crippen LogP contribution in [0.25, 0.3) is 0 Å². The van der Waals surface area contributed by atoms with Crippen LogP contribution in [0.15, 0.2) is 16.6 Å². The van der Waals surface area contributed by atoms with Gasteiger partial charge in [0.1, 0.15) is 0 Å². The molecule has 3 nitrogen and oxygen atoms in total. The lowest BCUT2D eigenvalue weighted by Crippen LogP contribution is -2.26. The molecule has 1 heterocycles. The van der Waals surface area contributed by atoms with Crippen LogP contribution >= 0.6 is 15.9 Å². The summed E-state index contributed by atoms with van der Waals surface area (Å²) in [6, 6.07) is 3.72. The number of ether oxygens (including phenoxy) is 2. The third-order valence-electron chi connectivity index (χ3n) is 4.68. The fourth-order valence-electron chi connectivity index (χ4n) is 3.37. The normalized spacial score (nSPS) is 23.7. The van der Waals surface area contributed by atoms with Gasteiger partial charge in [0.25, 0.3) is 0 Å². The van der Waals surface area contributed by atoms with Crippen molar-refractivity contribution in [3.8, 4) is 11.5 Å². The van der Waals surface area contributed by atoms with E-state index in [1.807, 2.05) is 12.1 Å². The molecule has 0 spiro atoms. The van der Waals surface area contributed by atoms with Gasteiger partial charge in [-0.3, -0.25) is 4.79 Å². The van der Waals surface area contributed by atoms with Gasteiger partial charge in [-0.25, -0.2) is 0 Å². The van der Waals surface area contributed by atoms with Crippen LogP contribution in [0.5, 0.6) is 11.5 Å². The van der Waals surface area contributed by atoms with Gasteiger partial charge < -0.3 is 9.47 Å². The van der Waals surface area contributed by atoms with Crippen molar-refractivity contribution in [1.82, 2.24) is 0 Å². The molecule has 3 rings (SSSR count). The summed E-state index contributed by atoms with van der Waals surface area (Å²) in [4.78, 5) is 12.9. The van der Waals surface area contributed by atoms with Gasteiger partial charge in [0.2, 0.25) is 0 Å². The molecule has 0 radical (unpaired) electrons. The van der Waals surface area contributed by atoms with Gasteiger partial charge >= 0.3 is 0 Å². The Kier molecular flexibility index (Phi) is 4.00. The zero-order valence-electron chi connectivity index (χ0n) is 12.6. The maximum atomic E-state index is 12.9. The molecule has 1 aromatic carbocycles. The lowest BCUT2D eigenvalue weighted by molar-refractivity contribution is 0.0838. The monoisotopic (exact) mass is 352 g/mol. The number of hydrogen-bond donors (Lipinski definition) is 0.